The van der Waals surface area contributed by atoms with E-state index < -0.39 is 0 Å². The Balaban J connectivity index is 2.13. The van der Waals surface area contributed by atoms with Gasteiger partial charge in [-0.3, -0.25) is 9.59 Å². The van der Waals surface area contributed by atoms with E-state index >= 15 is 0 Å². The van der Waals surface area contributed by atoms with Crippen LogP contribution in [0.15, 0.2) is 24.3 Å². The fourth-order valence-corrected chi connectivity index (χ4v) is 1.98. The lowest BCUT2D eigenvalue weighted by Gasteiger charge is -2.09. The number of carbonyl (C=O) groups is 2. The first kappa shape index (κ1) is 12.6. The second kappa shape index (κ2) is 6.19. The van der Waals surface area contributed by atoms with E-state index in [0.717, 1.165) is 25.7 Å². The topological polar surface area (TPSA) is 58.2 Å². The van der Waals surface area contributed by atoms with Gasteiger partial charge in [-0.2, -0.15) is 0 Å². The summed E-state index contributed by atoms with van der Waals surface area (Å²) in [5, 5.41) is 5.77. The fourth-order valence-electron chi connectivity index (χ4n) is 1.98. The Kier molecular flexibility index (Phi) is 4.34. The van der Waals surface area contributed by atoms with E-state index in [9.17, 15) is 9.59 Å². The van der Waals surface area contributed by atoms with Gasteiger partial charge in [0.25, 0.3) is 11.8 Å². The number of rotatable bonds is 0. The van der Waals surface area contributed by atoms with Crippen LogP contribution in [-0.4, -0.2) is 24.9 Å². The van der Waals surface area contributed by atoms with Crippen molar-refractivity contribution in [1.82, 2.24) is 10.6 Å². The van der Waals surface area contributed by atoms with E-state index in [2.05, 4.69) is 10.6 Å². The van der Waals surface area contributed by atoms with Gasteiger partial charge in [0.15, 0.2) is 0 Å². The van der Waals surface area contributed by atoms with Gasteiger partial charge in [-0.05, 0) is 37.1 Å². The molecule has 0 saturated carbocycles. The highest BCUT2D eigenvalue weighted by molar-refractivity contribution is 5.97. The van der Waals surface area contributed by atoms with Gasteiger partial charge in [-0.15, -0.1) is 0 Å². The maximum Gasteiger partial charge on any atom is 0.251 e. The lowest BCUT2D eigenvalue weighted by atomic mass is 10.1. The summed E-state index contributed by atoms with van der Waals surface area (Å²) in [6.45, 7) is 1.43. The summed E-state index contributed by atoms with van der Waals surface area (Å²) in [4.78, 5) is 23.5. The molecule has 0 fully saturated rings. The van der Waals surface area contributed by atoms with Gasteiger partial charge in [0.05, 0.1) is 0 Å². The van der Waals surface area contributed by atoms with Gasteiger partial charge in [-0.1, -0.05) is 12.8 Å². The summed E-state index contributed by atoms with van der Waals surface area (Å²) in [5.41, 5.74) is 1.20. The van der Waals surface area contributed by atoms with Crippen molar-refractivity contribution in [3.8, 4) is 0 Å². The zero-order valence-electron chi connectivity index (χ0n) is 10.4. The van der Waals surface area contributed by atoms with Crippen LogP contribution in [0.5, 0.6) is 0 Å². The molecule has 0 aromatic heterocycles. The minimum atomic E-state index is -0.0704. The van der Waals surface area contributed by atoms with E-state index in [1.807, 2.05) is 0 Å². The van der Waals surface area contributed by atoms with Crippen LogP contribution >= 0.6 is 0 Å². The summed E-state index contributed by atoms with van der Waals surface area (Å²) in [5.74, 6) is -0.141. The molecule has 2 bridgehead atoms. The number of carbonyl (C=O) groups excluding carboxylic acids is 2. The van der Waals surface area contributed by atoms with Crippen LogP contribution in [-0.2, 0) is 0 Å². The van der Waals surface area contributed by atoms with Crippen LogP contribution in [0.3, 0.4) is 0 Å². The van der Waals surface area contributed by atoms with Gasteiger partial charge in [0.1, 0.15) is 0 Å². The number of amides is 2. The molecule has 2 aliphatic heterocycles. The van der Waals surface area contributed by atoms with Gasteiger partial charge in [0.2, 0.25) is 0 Å². The van der Waals surface area contributed by atoms with E-state index in [-0.39, 0.29) is 11.8 Å². The Bertz CT molecular complexity index is 385. The summed E-state index contributed by atoms with van der Waals surface area (Å²) in [6, 6.07) is 6.76. The summed E-state index contributed by atoms with van der Waals surface area (Å²) in [7, 11) is 0. The van der Waals surface area contributed by atoms with Crippen molar-refractivity contribution in [1.29, 1.82) is 0 Å². The largest absolute Gasteiger partial charge is 0.352 e. The molecule has 2 heterocycles. The molecule has 2 aliphatic rings. The van der Waals surface area contributed by atoms with Crippen molar-refractivity contribution in [2.45, 2.75) is 25.7 Å². The van der Waals surface area contributed by atoms with E-state index in [1.165, 1.54) is 0 Å². The molecule has 1 aromatic rings. The molecule has 0 unspecified atom stereocenters. The third-order valence-electron chi connectivity index (χ3n) is 3.08. The highest BCUT2D eigenvalue weighted by atomic mass is 16.2. The van der Waals surface area contributed by atoms with Crippen LogP contribution in [0.4, 0.5) is 0 Å². The van der Waals surface area contributed by atoms with Crippen LogP contribution in [0.2, 0.25) is 0 Å². The van der Waals surface area contributed by atoms with Crippen molar-refractivity contribution < 1.29 is 9.59 Å². The van der Waals surface area contributed by atoms with Gasteiger partial charge in [0, 0.05) is 24.2 Å². The van der Waals surface area contributed by atoms with E-state index in [4.69, 9.17) is 0 Å². The number of fused-ring (bicyclic) bond motifs is 11. The fraction of sp³-hybridized carbons (Fsp3) is 0.429. The number of nitrogens with one attached hydrogen (secondary N) is 2. The monoisotopic (exact) mass is 246 g/mol. The minimum absolute atomic E-state index is 0.0704. The molecule has 2 N–H and O–H groups in total. The lowest BCUT2D eigenvalue weighted by Crippen LogP contribution is -2.26. The number of hydrogen-bond donors (Lipinski definition) is 2. The van der Waals surface area contributed by atoms with Crippen LogP contribution in [0, 0.1) is 0 Å². The second-order valence-electron chi connectivity index (χ2n) is 4.50. The van der Waals surface area contributed by atoms with Gasteiger partial charge >= 0.3 is 0 Å². The Morgan fingerprint density at radius 3 is 1.44 bits per heavy atom. The van der Waals surface area contributed by atoms with Crippen molar-refractivity contribution >= 4 is 11.8 Å². The van der Waals surface area contributed by atoms with E-state index in [1.54, 1.807) is 24.3 Å². The zero-order valence-corrected chi connectivity index (χ0v) is 10.4. The molecule has 0 atom stereocenters. The van der Waals surface area contributed by atoms with Crippen molar-refractivity contribution in [3.05, 3.63) is 35.4 Å². The molecule has 18 heavy (non-hydrogen) atoms. The Hall–Kier alpha value is -1.84. The third kappa shape index (κ3) is 3.32. The number of benzene rings is 1. The normalized spacial score (nSPS) is 17.8. The van der Waals surface area contributed by atoms with Crippen LogP contribution in [0.25, 0.3) is 0 Å². The predicted molar refractivity (Wildman–Crippen MR) is 69.6 cm³/mol. The highest BCUT2D eigenvalue weighted by Gasteiger charge is 2.08. The molecular weight excluding hydrogens is 228 g/mol. The second-order valence-corrected chi connectivity index (χ2v) is 4.50. The Labute approximate surface area is 107 Å². The first-order valence-corrected chi connectivity index (χ1v) is 6.44. The quantitative estimate of drug-likeness (QED) is 0.732. The average molecular weight is 246 g/mol. The summed E-state index contributed by atoms with van der Waals surface area (Å²) in [6.07, 6.45) is 4.12. The standard InChI is InChI=1S/C14H18N2O2/c17-13-11-5-7-12(8-6-11)14(18)16-10-4-2-1-3-9-15-13/h5-8H,1-4,9-10H2,(H,15,17)(H,16,18). The summed E-state index contributed by atoms with van der Waals surface area (Å²) < 4.78 is 0. The zero-order chi connectivity index (χ0) is 12.8. The molecule has 3 rings (SSSR count). The Morgan fingerprint density at radius 2 is 1.06 bits per heavy atom. The maximum absolute atomic E-state index is 11.8. The van der Waals surface area contributed by atoms with E-state index in [0.29, 0.717) is 24.2 Å². The molecule has 0 radical (unpaired) electrons. The van der Waals surface area contributed by atoms with Crippen molar-refractivity contribution in [2.24, 2.45) is 0 Å². The summed E-state index contributed by atoms with van der Waals surface area (Å²) >= 11 is 0. The Morgan fingerprint density at radius 1 is 0.667 bits per heavy atom. The van der Waals surface area contributed by atoms with Gasteiger partial charge in [-0.25, -0.2) is 0 Å². The number of hydrogen-bond acceptors (Lipinski definition) is 2. The molecule has 96 valence electrons. The molecule has 4 heteroatoms. The lowest BCUT2D eigenvalue weighted by molar-refractivity contribution is 0.0939. The molecule has 2 amide bonds. The first-order valence-electron chi connectivity index (χ1n) is 6.44. The first-order chi connectivity index (χ1) is 8.77. The van der Waals surface area contributed by atoms with Gasteiger partial charge < -0.3 is 10.6 Å². The molecule has 4 nitrogen and oxygen atoms in total. The predicted octanol–water partition coefficient (Wildman–Crippen LogP) is 1.72. The average Bonchev–Trinajstić information content (AvgIpc) is 2.40. The van der Waals surface area contributed by atoms with Crippen LogP contribution < -0.4 is 10.6 Å². The molecule has 0 spiro atoms. The van der Waals surface area contributed by atoms with Crippen molar-refractivity contribution in [2.75, 3.05) is 13.1 Å². The minimum Gasteiger partial charge on any atom is -0.352 e. The molecule has 0 saturated heterocycles. The van der Waals surface area contributed by atoms with Crippen molar-refractivity contribution in [3.63, 3.8) is 0 Å². The molecule has 0 aliphatic carbocycles. The van der Waals surface area contributed by atoms with Crippen LogP contribution in [0.1, 0.15) is 46.4 Å². The molecule has 1 aromatic carbocycles. The third-order valence-corrected chi connectivity index (χ3v) is 3.08. The maximum atomic E-state index is 11.8. The molecular formula is C14H18N2O2. The SMILES string of the molecule is O=C1NCCCCCCNC(=O)c2ccc1cc2. The highest BCUT2D eigenvalue weighted by Crippen LogP contribution is 2.06. The smallest absolute Gasteiger partial charge is 0.251 e.